The van der Waals surface area contributed by atoms with Crippen LogP contribution in [0.3, 0.4) is 0 Å². The van der Waals surface area contributed by atoms with Crippen LogP contribution in [0, 0.1) is 0 Å². The first-order valence-corrected chi connectivity index (χ1v) is 4.72. The van der Waals surface area contributed by atoms with Crippen molar-refractivity contribution in [2.45, 2.75) is 38.2 Å². The minimum Gasteiger partial charge on any atom is -0.228 e. The molecule has 0 aromatic heterocycles. The van der Waals surface area contributed by atoms with E-state index in [1.165, 1.54) is 0 Å². The maximum absolute atomic E-state index is 11.0. The molecule has 56 valence electrons. The van der Waals surface area contributed by atoms with Crippen molar-refractivity contribution in [3.63, 3.8) is 0 Å². The molecular formula is C6H14O2S. The average Bonchev–Trinajstić information content (AvgIpc) is 1.65. The van der Waals surface area contributed by atoms with Crippen LogP contribution in [0.15, 0.2) is 0 Å². The molecule has 0 saturated heterocycles. The van der Waals surface area contributed by atoms with E-state index in [-0.39, 0.29) is 10.5 Å². The van der Waals surface area contributed by atoms with Crippen LogP contribution in [0.1, 0.15) is 27.7 Å². The molecule has 0 aliphatic carbocycles. The zero-order valence-electron chi connectivity index (χ0n) is 6.38. The maximum atomic E-state index is 11.0. The van der Waals surface area contributed by atoms with Gasteiger partial charge in [-0.1, -0.05) is 0 Å². The fourth-order valence-corrected chi connectivity index (χ4v) is 1.63. The Morgan fingerprint density at radius 1 is 0.889 bits per heavy atom. The van der Waals surface area contributed by atoms with Crippen molar-refractivity contribution in [2.75, 3.05) is 0 Å². The van der Waals surface area contributed by atoms with Crippen molar-refractivity contribution in [3.05, 3.63) is 0 Å². The minimum absolute atomic E-state index is 0.238. The van der Waals surface area contributed by atoms with E-state index in [1.807, 2.05) is 0 Å². The Labute approximate surface area is 57.2 Å². The lowest BCUT2D eigenvalue weighted by Crippen LogP contribution is -2.23. The Kier molecular flexibility index (Phi) is 2.67. The quantitative estimate of drug-likeness (QED) is 0.593. The van der Waals surface area contributed by atoms with Gasteiger partial charge in [0.25, 0.3) is 0 Å². The first-order valence-electron chi connectivity index (χ1n) is 3.11. The fourth-order valence-electron chi connectivity index (χ4n) is 0.544. The molecule has 0 aromatic rings. The van der Waals surface area contributed by atoms with Gasteiger partial charge in [-0.3, -0.25) is 0 Å². The lowest BCUT2D eigenvalue weighted by molar-refractivity contribution is 0.578. The Hall–Kier alpha value is -0.0500. The third kappa shape index (κ3) is 1.97. The highest BCUT2D eigenvalue weighted by Gasteiger charge is 2.19. The van der Waals surface area contributed by atoms with Crippen LogP contribution in [0.2, 0.25) is 0 Å². The zero-order chi connectivity index (χ0) is 7.65. The Bertz CT molecular complexity index is 151. The molecule has 0 bridgehead atoms. The maximum Gasteiger partial charge on any atom is 0.154 e. The average molecular weight is 150 g/mol. The van der Waals surface area contributed by atoms with Crippen molar-refractivity contribution in [3.8, 4) is 0 Å². The highest BCUT2D eigenvalue weighted by molar-refractivity contribution is 7.92. The second-order valence-electron chi connectivity index (χ2n) is 2.69. The normalized spacial score (nSPS) is 13.1. The van der Waals surface area contributed by atoms with Crippen LogP contribution < -0.4 is 0 Å². The van der Waals surface area contributed by atoms with Gasteiger partial charge in [0, 0.05) is 0 Å². The van der Waals surface area contributed by atoms with E-state index in [0.29, 0.717) is 0 Å². The molecule has 0 aromatic carbocycles. The standard InChI is InChI=1S/C6H14O2S/c1-5(2)9(7,8)6(3)4/h5-6H,1-4H3. The van der Waals surface area contributed by atoms with Gasteiger partial charge in [0.2, 0.25) is 0 Å². The molecular weight excluding hydrogens is 136 g/mol. The second-order valence-corrected chi connectivity index (χ2v) is 5.75. The van der Waals surface area contributed by atoms with Crippen LogP contribution in [0.4, 0.5) is 0 Å². The molecule has 0 aliphatic rings. The van der Waals surface area contributed by atoms with Gasteiger partial charge in [0.05, 0.1) is 10.5 Å². The van der Waals surface area contributed by atoms with E-state index < -0.39 is 9.84 Å². The largest absolute Gasteiger partial charge is 0.228 e. The summed E-state index contributed by atoms with van der Waals surface area (Å²) in [5.41, 5.74) is 0. The van der Waals surface area contributed by atoms with Gasteiger partial charge in [-0.05, 0) is 27.7 Å². The highest BCUT2D eigenvalue weighted by Crippen LogP contribution is 2.06. The molecule has 2 nitrogen and oxygen atoms in total. The SMILES string of the molecule is CC(C)S(=O)(=O)C(C)C. The van der Waals surface area contributed by atoms with Gasteiger partial charge in [-0.15, -0.1) is 0 Å². The summed E-state index contributed by atoms with van der Waals surface area (Å²) >= 11 is 0. The van der Waals surface area contributed by atoms with Gasteiger partial charge in [-0.25, -0.2) is 8.42 Å². The van der Waals surface area contributed by atoms with Crippen LogP contribution in [-0.4, -0.2) is 18.9 Å². The number of hydrogen-bond donors (Lipinski definition) is 0. The molecule has 0 rings (SSSR count). The molecule has 0 unspecified atom stereocenters. The smallest absolute Gasteiger partial charge is 0.154 e. The molecule has 0 N–H and O–H groups in total. The van der Waals surface area contributed by atoms with Crippen molar-refractivity contribution in [2.24, 2.45) is 0 Å². The molecule has 0 fully saturated rings. The molecule has 0 radical (unpaired) electrons. The first-order chi connectivity index (χ1) is 3.89. The predicted octanol–water partition coefficient (Wildman–Crippen LogP) is 1.22. The van der Waals surface area contributed by atoms with Crippen LogP contribution in [-0.2, 0) is 9.84 Å². The molecule has 0 spiro atoms. The highest BCUT2D eigenvalue weighted by atomic mass is 32.2. The summed E-state index contributed by atoms with van der Waals surface area (Å²) in [5.74, 6) is 0. The lowest BCUT2D eigenvalue weighted by Gasteiger charge is -2.09. The predicted molar refractivity (Wildman–Crippen MR) is 39.2 cm³/mol. The zero-order valence-corrected chi connectivity index (χ0v) is 7.20. The van der Waals surface area contributed by atoms with Crippen molar-refractivity contribution >= 4 is 9.84 Å². The van der Waals surface area contributed by atoms with Crippen molar-refractivity contribution in [1.29, 1.82) is 0 Å². The summed E-state index contributed by atoms with van der Waals surface area (Å²) in [6, 6.07) is 0. The van der Waals surface area contributed by atoms with Crippen molar-refractivity contribution < 1.29 is 8.42 Å². The molecule has 0 atom stereocenters. The van der Waals surface area contributed by atoms with Gasteiger partial charge in [0.1, 0.15) is 0 Å². The summed E-state index contributed by atoms with van der Waals surface area (Å²) in [5, 5.41) is -0.477. The van der Waals surface area contributed by atoms with E-state index in [9.17, 15) is 8.42 Å². The van der Waals surface area contributed by atoms with Crippen LogP contribution >= 0.6 is 0 Å². The van der Waals surface area contributed by atoms with Gasteiger partial charge < -0.3 is 0 Å². The van der Waals surface area contributed by atoms with Crippen molar-refractivity contribution in [1.82, 2.24) is 0 Å². The van der Waals surface area contributed by atoms with Crippen LogP contribution in [0.25, 0.3) is 0 Å². The molecule has 9 heavy (non-hydrogen) atoms. The summed E-state index contributed by atoms with van der Waals surface area (Å²) in [7, 11) is -2.81. The van der Waals surface area contributed by atoms with E-state index >= 15 is 0 Å². The third-order valence-corrected chi connectivity index (χ3v) is 3.94. The van der Waals surface area contributed by atoms with E-state index in [1.54, 1.807) is 27.7 Å². The monoisotopic (exact) mass is 150 g/mol. The second kappa shape index (κ2) is 2.69. The van der Waals surface area contributed by atoms with E-state index in [4.69, 9.17) is 0 Å². The van der Waals surface area contributed by atoms with E-state index in [2.05, 4.69) is 0 Å². The number of rotatable bonds is 2. The molecule has 3 heteroatoms. The third-order valence-electron chi connectivity index (χ3n) is 1.31. The fraction of sp³-hybridized carbons (Fsp3) is 1.00. The number of hydrogen-bond acceptors (Lipinski definition) is 2. The summed E-state index contributed by atoms with van der Waals surface area (Å²) in [6.45, 7) is 6.81. The van der Waals surface area contributed by atoms with Crippen LogP contribution in [0.5, 0.6) is 0 Å². The molecule has 0 aliphatic heterocycles. The summed E-state index contributed by atoms with van der Waals surface area (Å²) in [4.78, 5) is 0. The van der Waals surface area contributed by atoms with E-state index in [0.717, 1.165) is 0 Å². The molecule has 0 saturated carbocycles. The van der Waals surface area contributed by atoms with Gasteiger partial charge >= 0.3 is 0 Å². The Balaban J connectivity index is 4.42. The van der Waals surface area contributed by atoms with Gasteiger partial charge in [-0.2, -0.15) is 0 Å². The molecule has 0 amide bonds. The minimum atomic E-state index is -2.81. The summed E-state index contributed by atoms with van der Waals surface area (Å²) in [6.07, 6.45) is 0. The first kappa shape index (κ1) is 8.95. The number of sulfone groups is 1. The summed E-state index contributed by atoms with van der Waals surface area (Å²) < 4.78 is 22.1. The van der Waals surface area contributed by atoms with Gasteiger partial charge in [0.15, 0.2) is 9.84 Å². The lowest BCUT2D eigenvalue weighted by atomic mass is 10.5. The Morgan fingerprint density at radius 2 is 1.11 bits per heavy atom. The Morgan fingerprint density at radius 3 is 1.11 bits per heavy atom. The molecule has 0 heterocycles. The topological polar surface area (TPSA) is 34.1 Å².